The van der Waals surface area contributed by atoms with Crippen molar-refractivity contribution in [2.45, 2.75) is 26.2 Å². The number of hydrogen-bond acceptors (Lipinski definition) is 2. The number of carboxylic acids is 1. The molecule has 1 aromatic rings. The summed E-state index contributed by atoms with van der Waals surface area (Å²) in [5.41, 5.74) is 3.08. The van der Waals surface area contributed by atoms with E-state index in [1.807, 2.05) is 18.2 Å². The summed E-state index contributed by atoms with van der Waals surface area (Å²) < 4.78 is 0. The normalized spacial score (nSPS) is 16.3. The average Bonchev–Trinajstić information content (AvgIpc) is 2.34. The molecule has 1 N–H and O–H groups in total. The van der Waals surface area contributed by atoms with Crippen molar-refractivity contribution in [2.24, 2.45) is 5.92 Å². The number of carboxylic acid groups (broad SMARTS) is 1. The van der Waals surface area contributed by atoms with Crippen LogP contribution in [0, 0.1) is 5.92 Å². The molecule has 0 bridgehead atoms. The molecule has 0 saturated carbocycles. The first-order chi connectivity index (χ1) is 8.50. The van der Waals surface area contributed by atoms with Gasteiger partial charge in [0, 0.05) is 19.2 Å². The Labute approximate surface area is 106 Å². The minimum Gasteiger partial charge on any atom is -0.481 e. The number of aliphatic carboxylic acids is 1. The van der Waals surface area contributed by atoms with Gasteiger partial charge in [0.2, 0.25) is 5.91 Å². The van der Waals surface area contributed by atoms with Crippen molar-refractivity contribution in [2.75, 3.05) is 11.9 Å². The zero-order chi connectivity index (χ0) is 13.3. The molecule has 4 heteroatoms. The molecule has 1 amide bonds. The summed E-state index contributed by atoms with van der Waals surface area (Å²) in [7, 11) is 1.77. The van der Waals surface area contributed by atoms with Crippen LogP contribution < -0.4 is 4.90 Å². The summed E-state index contributed by atoms with van der Waals surface area (Å²) in [6, 6.07) is 5.76. The zero-order valence-electron chi connectivity index (χ0n) is 10.6. The van der Waals surface area contributed by atoms with E-state index in [1.165, 1.54) is 0 Å². The molecule has 96 valence electrons. The Bertz CT molecular complexity index is 496. The van der Waals surface area contributed by atoms with Crippen LogP contribution in [0.5, 0.6) is 0 Å². The lowest BCUT2D eigenvalue weighted by molar-refractivity contribution is -0.141. The largest absolute Gasteiger partial charge is 0.481 e. The van der Waals surface area contributed by atoms with Crippen LogP contribution in [-0.4, -0.2) is 24.0 Å². The van der Waals surface area contributed by atoms with E-state index < -0.39 is 11.9 Å². The van der Waals surface area contributed by atoms with Gasteiger partial charge in [-0.3, -0.25) is 9.59 Å². The fraction of sp³-hybridized carbons (Fsp3) is 0.429. The van der Waals surface area contributed by atoms with Gasteiger partial charge in [0.05, 0.1) is 5.92 Å². The van der Waals surface area contributed by atoms with Crippen molar-refractivity contribution in [3.8, 4) is 0 Å². The molecule has 0 saturated heterocycles. The molecule has 18 heavy (non-hydrogen) atoms. The van der Waals surface area contributed by atoms with E-state index in [9.17, 15) is 9.59 Å². The molecule has 1 aliphatic heterocycles. The van der Waals surface area contributed by atoms with Crippen LogP contribution in [0.2, 0.25) is 0 Å². The number of benzene rings is 1. The van der Waals surface area contributed by atoms with Gasteiger partial charge >= 0.3 is 5.97 Å². The highest BCUT2D eigenvalue weighted by Crippen LogP contribution is 2.30. The third-order valence-electron chi connectivity index (χ3n) is 3.52. The fourth-order valence-corrected chi connectivity index (χ4v) is 2.37. The monoisotopic (exact) mass is 247 g/mol. The number of rotatable bonds is 3. The highest BCUT2D eigenvalue weighted by atomic mass is 16.4. The van der Waals surface area contributed by atoms with Gasteiger partial charge in [0.15, 0.2) is 0 Å². The maximum atomic E-state index is 11.6. The van der Waals surface area contributed by atoms with Crippen LogP contribution in [-0.2, 0) is 22.4 Å². The lowest BCUT2D eigenvalue weighted by Crippen LogP contribution is -2.31. The molecule has 0 fully saturated rings. The van der Waals surface area contributed by atoms with E-state index in [-0.39, 0.29) is 5.91 Å². The molecule has 1 atom stereocenters. The van der Waals surface area contributed by atoms with Gasteiger partial charge in [-0.05, 0) is 30.0 Å². The van der Waals surface area contributed by atoms with Crippen LogP contribution in [0.25, 0.3) is 0 Å². The van der Waals surface area contributed by atoms with Crippen molar-refractivity contribution >= 4 is 17.6 Å². The standard InChI is InChI=1S/C14H17NO3/c1-9(14(17)18)8-10-4-3-5-12-11(10)6-7-13(16)15(12)2/h3-5,9H,6-8H2,1-2H3,(H,17,18). The first kappa shape index (κ1) is 12.6. The summed E-state index contributed by atoms with van der Waals surface area (Å²) in [5, 5.41) is 8.98. The van der Waals surface area contributed by atoms with Crippen molar-refractivity contribution in [3.05, 3.63) is 29.3 Å². The van der Waals surface area contributed by atoms with E-state index in [0.717, 1.165) is 16.8 Å². The Balaban J connectivity index is 2.34. The maximum Gasteiger partial charge on any atom is 0.306 e. The maximum absolute atomic E-state index is 11.6. The van der Waals surface area contributed by atoms with Gasteiger partial charge in [-0.1, -0.05) is 19.1 Å². The van der Waals surface area contributed by atoms with Crippen molar-refractivity contribution in [1.82, 2.24) is 0 Å². The number of fused-ring (bicyclic) bond motifs is 1. The van der Waals surface area contributed by atoms with E-state index in [0.29, 0.717) is 19.3 Å². The molecule has 1 aromatic carbocycles. The lowest BCUT2D eigenvalue weighted by atomic mass is 9.91. The van der Waals surface area contributed by atoms with Crippen LogP contribution in [0.15, 0.2) is 18.2 Å². The lowest BCUT2D eigenvalue weighted by Gasteiger charge is -2.27. The smallest absolute Gasteiger partial charge is 0.306 e. The minimum absolute atomic E-state index is 0.117. The number of anilines is 1. The van der Waals surface area contributed by atoms with E-state index in [1.54, 1.807) is 18.9 Å². The Hall–Kier alpha value is -1.84. The molecule has 0 aromatic heterocycles. The van der Waals surface area contributed by atoms with Gasteiger partial charge in [0.1, 0.15) is 0 Å². The second-order valence-electron chi connectivity index (χ2n) is 4.81. The Morgan fingerprint density at radius 1 is 1.44 bits per heavy atom. The second-order valence-corrected chi connectivity index (χ2v) is 4.81. The van der Waals surface area contributed by atoms with E-state index in [4.69, 9.17) is 5.11 Å². The Morgan fingerprint density at radius 3 is 2.83 bits per heavy atom. The van der Waals surface area contributed by atoms with Gasteiger partial charge in [-0.25, -0.2) is 0 Å². The first-order valence-corrected chi connectivity index (χ1v) is 6.11. The topological polar surface area (TPSA) is 57.6 Å². The van der Waals surface area contributed by atoms with Crippen LogP contribution in [0.4, 0.5) is 5.69 Å². The molecule has 2 rings (SSSR count). The number of nitrogens with zero attached hydrogens (tertiary/aromatic N) is 1. The predicted molar refractivity (Wildman–Crippen MR) is 68.7 cm³/mol. The molecule has 1 unspecified atom stereocenters. The van der Waals surface area contributed by atoms with Gasteiger partial charge < -0.3 is 10.0 Å². The zero-order valence-corrected chi connectivity index (χ0v) is 10.6. The summed E-state index contributed by atoms with van der Waals surface area (Å²) in [6.07, 6.45) is 1.73. The summed E-state index contributed by atoms with van der Waals surface area (Å²) in [6.45, 7) is 1.71. The molecular weight excluding hydrogens is 230 g/mol. The molecule has 1 heterocycles. The minimum atomic E-state index is -0.784. The third kappa shape index (κ3) is 2.23. The van der Waals surface area contributed by atoms with Crippen molar-refractivity contribution < 1.29 is 14.7 Å². The van der Waals surface area contributed by atoms with Crippen LogP contribution >= 0.6 is 0 Å². The first-order valence-electron chi connectivity index (χ1n) is 6.11. The SMILES string of the molecule is CC(Cc1cccc2c1CCC(=O)N2C)C(=O)O. The Kier molecular flexibility index (Phi) is 3.36. The van der Waals surface area contributed by atoms with Gasteiger partial charge in [0.25, 0.3) is 0 Å². The van der Waals surface area contributed by atoms with Crippen molar-refractivity contribution in [3.63, 3.8) is 0 Å². The third-order valence-corrected chi connectivity index (χ3v) is 3.52. The summed E-state index contributed by atoms with van der Waals surface area (Å²) in [4.78, 5) is 24.2. The van der Waals surface area contributed by atoms with Gasteiger partial charge in [-0.2, -0.15) is 0 Å². The number of carbonyl (C=O) groups excluding carboxylic acids is 1. The quantitative estimate of drug-likeness (QED) is 0.887. The molecule has 1 aliphatic rings. The Morgan fingerprint density at radius 2 is 2.17 bits per heavy atom. The summed E-state index contributed by atoms with van der Waals surface area (Å²) in [5.74, 6) is -1.07. The highest BCUT2D eigenvalue weighted by Gasteiger charge is 2.24. The van der Waals surface area contributed by atoms with E-state index in [2.05, 4.69) is 0 Å². The molecule has 0 radical (unpaired) electrons. The van der Waals surface area contributed by atoms with Crippen LogP contribution in [0.3, 0.4) is 0 Å². The summed E-state index contributed by atoms with van der Waals surface area (Å²) >= 11 is 0. The average molecular weight is 247 g/mol. The second kappa shape index (κ2) is 4.80. The van der Waals surface area contributed by atoms with Gasteiger partial charge in [-0.15, -0.1) is 0 Å². The number of carbonyl (C=O) groups is 2. The molecule has 0 spiro atoms. The molecular formula is C14H17NO3. The number of hydrogen-bond donors (Lipinski definition) is 1. The van der Waals surface area contributed by atoms with Crippen molar-refractivity contribution in [1.29, 1.82) is 0 Å². The fourth-order valence-electron chi connectivity index (χ4n) is 2.37. The highest BCUT2D eigenvalue weighted by molar-refractivity contribution is 5.96. The number of amides is 1. The predicted octanol–water partition coefficient (Wildman–Crippen LogP) is 1.86. The van der Waals surface area contributed by atoms with E-state index >= 15 is 0 Å². The van der Waals surface area contributed by atoms with Crippen LogP contribution in [0.1, 0.15) is 24.5 Å². The molecule has 4 nitrogen and oxygen atoms in total. The molecule has 0 aliphatic carbocycles.